The van der Waals surface area contributed by atoms with Gasteiger partial charge in [0.2, 0.25) is 0 Å². The Morgan fingerprint density at radius 1 is 1.33 bits per heavy atom. The summed E-state index contributed by atoms with van der Waals surface area (Å²) in [6.07, 6.45) is 3.21. The lowest BCUT2D eigenvalue weighted by Gasteiger charge is -2.06. The lowest BCUT2D eigenvalue weighted by molar-refractivity contribution is 0.592. The topological polar surface area (TPSA) is 43.8 Å². The van der Waals surface area contributed by atoms with Gasteiger partial charge in [0.05, 0.1) is 5.56 Å². The smallest absolute Gasteiger partial charge is 0.160 e. The van der Waals surface area contributed by atoms with Gasteiger partial charge in [-0.2, -0.15) is 0 Å². The van der Waals surface area contributed by atoms with E-state index in [1.54, 1.807) is 17.8 Å². The summed E-state index contributed by atoms with van der Waals surface area (Å²) in [6.45, 7) is 0. The van der Waals surface area contributed by atoms with Crippen LogP contribution in [0.2, 0.25) is 0 Å². The molecule has 0 fully saturated rings. The molecule has 0 aliphatic rings. The van der Waals surface area contributed by atoms with E-state index in [0.29, 0.717) is 5.82 Å². The average molecular weight is 209 g/mol. The van der Waals surface area contributed by atoms with E-state index in [1.165, 1.54) is 12.3 Å². The summed E-state index contributed by atoms with van der Waals surface area (Å²) in [7, 11) is 1.72. The van der Waals surface area contributed by atoms with Gasteiger partial charge >= 0.3 is 0 Å². The molecule has 2 rings (SSSR count). The molecule has 0 aliphatic heterocycles. The highest BCUT2D eigenvalue weighted by atomic mass is 19.1. The molecule has 0 unspecified atom stereocenters. The van der Waals surface area contributed by atoms with Crippen molar-refractivity contribution in [1.82, 2.24) is 9.55 Å². The van der Waals surface area contributed by atoms with Crippen LogP contribution in [0.5, 0.6) is 0 Å². The molecule has 2 N–H and O–H groups in total. The zero-order valence-electron chi connectivity index (χ0n) is 8.04. The van der Waals surface area contributed by atoms with E-state index in [9.17, 15) is 8.78 Å². The van der Waals surface area contributed by atoms with Crippen LogP contribution in [-0.4, -0.2) is 9.55 Å². The van der Waals surface area contributed by atoms with E-state index in [1.807, 2.05) is 0 Å². The molecule has 0 aliphatic carbocycles. The van der Waals surface area contributed by atoms with E-state index >= 15 is 0 Å². The summed E-state index contributed by atoms with van der Waals surface area (Å²) >= 11 is 0. The fourth-order valence-corrected chi connectivity index (χ4v) is 1.37. The van der Waals surface area contributed by atoms with Crippen LogP contribution >= 0.6 is 0 Å². The molecule has 0 spiro atoms. The van der Waals surface area contributed by atoms with Crippen molar-refractivity contribution in [2.75, 3.05) is 5.73 Å². The molecule has 1 aromatic heterocycles. The average Bonchev–Trinajstić information content (AvgIpc) is 2.62. The van der Waals surface area contributed by atoms with Crippen LogP contribution in [0.3, 0.4) is 0 Å². The van der Waals surface area contributed by atoms with Crippen LogP contribution in [0.1, 0.15) is 0 Å². The molecule has 78 valence electrons. The number of nitrogen functional groups attached to an aromatic ring is 1. The van der Waals surface area contributed by atoms with Crippen LogP contribution in [-0.2, 0) is 7.05 Å². The van der Waals surface area contributed by atoms with Crippen molar-refractivity contribution in [2.24, 2.45) is 7.05 Å². The van der Waals surface area contributed by atoms with Crippen molar-refractivity contribution < 1.29 is 8.78 Å². The summed E-state index contributed by atoms with van der Waals surface area (Å²) in [6, 6.07) is 2.45. The van der Waals surface area contributed by atoms with Gasteiger partial charge in [0, 0.05) is 19.4 Å². The molecule has 3 nitrogen and oxygen atoms in total. The number of nitrogens with zero attached hydrogens (tertiary/aromatic N) is 2. The Labute approximate surface area is 85.2 Å². The van der Waals surface area contributed by atoms with Crippen molar-refractivity contribution in [2.45, 2.75) is 0 Å². The van der Waals surface area contributed by atoms with Gasteiger partial charge in [-0.15, -0.1) is 0 Å². The molecule has 2 aromatic rings. The van der Waals surface area contributed by atoms with Crippen LogP contribution in [0.4, 0.5) is 14.5 Å². The lowest BCUT2D eigenvalue weighted by Crippen LogP contribution is -2.00. The van der Waals surface area contributed by atoms with Crippen LogP contribution in [0, 0.1) is 11.6 Å². The number of halogens is 2. The predicted molar refractivity (Wildman–Crippen MR) is 53.0 cm³/mol. The monoisotopic (exact) mass is 209 g/mol. The van der Waals surface area contributed by atoms with Gasteiger partial charge < -0.3 is 10.3 Å². The summed E-state index contributed by atoms with van der Waals surface area (Å²) in [5.74, 6) is -1.12. The number of aryl methyl sites for hydroxylation is 1. The standard InChI is InChI=1S/C10H9F2N3/c1-15-5-4-14-10(15)6-2-3-7(11)9(13)8(6)12/h2-5H,13H2,1H3. The minimum Gasteiger partial charge on any atom is -0.394 e. The molecule has 0 bridgehead atoms. The predicted octanol–water partition coefficient (Wildman–Crippen LogP) is 1.95. The highest BCUT2D eigenvalue weighted by molar-refractivity contribution is 5.63. The SMILES string of the molecule is Cn1ccnc1-c1ccc(F)c(N)c1F. The fourth-order valence-electron chi connectivity index (χ4n) is 1.37. The van der Waals surface area contributed by atoms with Gasteiger partial charge in [-0.25, -0.2) is 13.8 Å². The van der Waals surface area contributed by atoms with E-state index in [2.05, 4.69) is 4.98 Å². The number of rotatable bonds is 1. The molecular formula is C10H9F2N3. The van der Waals surface area contributed by atoms with Gasteiger partial charge in [0.1, 0.15) is 17.3 Å². The number of nitrogens with two attached hydrogens (primary N) is 1. The van der Waals surface area contributed by atoms with E-state index in [0.717, 1.165) is 6.07 Å². The van der Waals surface area contributed by atoms with Crippen LogP contribution < -0.4 is 5.73 Å². The Balaban J connectivity index is 2.65. The zero-order chi connectivity index (χ0) is 11.0. The van der Waals surface area contributed by atoms with E-state index < -0.39 is 17.3 Å². The summed E-state index contributed by atoms with van der Waals surface area (Å²) in [5, 5.41) is 0. The Morgan fingerprint density at radius 2 is 2.07 bits per heavy atom. The quantitative estimate of drug-likeness (QED) is 0.729. The zero-order valence-corrected chi connectivity index (χ0v) is 8.04. The third kappa shape index (κ3) is 1.45. The first-order valence-corrected chi connectivity index (χ1v) is 4.32. The molecule has 0 atom stereocenters. The minimum atomic E-state index is -0.774. The van der Waals surface area contributed by atoms with E-state index in [-0.39, 0.29) is 5.56 Å². The van der Waals surface area contributed by atoms with Gasteiger partial charge in [0.15, 0.2) is 5.82 Å². The van der Waals surface area contributed by atoms with Crippen molar-refractivity contribution in [1.29, 1.82) is 0 Å². The maximum atomic E-state index is 13.6. The molecule has 1 heterocycles. The second kappa shape index (κ2) is 3.34. The number of aromatic nitrogens is 2. The summed E-state index contributed by atoms with van der Waals surface area (Å²) < 4.78 is 28.1. The number of benzene rings is 1. The molecule has 5 heteroatoms. The van der Waals surface area contributed by atoms with Gasteiger partial charge in [-0.05, 0) is 12.1 Å². The highest BCUT2D eigenvalue weighted by Crippen LogP contribution is 2.26. The highest BCUT2D eigenvalue weighted by Gasteiger charge is 2.14. The maximum absolute atomic E-state index is 13.6. The first-order valence-electron chi connectivity index (χ1n) is 4.32. The van der Waals surface area contributed by atoms with Crippen LogP contribution in [0.15, 0.2) is 24.5 Å². The Bertz CT molecular complexity index is 505. The molecule has 1 aromatic carbocycles. The third-order valence-electron chi connectivity index (χ3n) is 2.19. The lowest BCUT2D eigenvalue weighted by atomic mass is 10.1. The van der Waals surface area contributed by atoms with Gasteiger partial charge in [0.25, 0.3) is 0 Å². The summed E-state index contributed by atoms with van der Waals surface area (Å²) in [4.78, 5) is 3.96. The number of hydrogen-bond donors (Lipinski definition) is 1. The Hall–Kier alpha value is -1.91. The second-order valence-corrected chi connectivity index (χ2v) is 3.18. The molecule has 15 heavy (non-hydrogen) atoms. The van der Waals surface area contributed by atoms with Crippen molar-refractivity contribution in [3.8, 4) is 11.4 Å². The maximum Gasteiger partial charge on any atom is 0.160 e. The largest absolute Gasteiger partial charge is 0.394 e. The molecular weight excluding hydrogens is 200 g/mol. The summed E-state index contributed by atoms with van der Waals surface area (Å²) in [5.41, 5.74) is 4.97. The fraction of sp³-hybridized carbons (Fsp3) is 0.100. The Kier molecular flexibility index (Phi) is 2.15. The van der Waals surface area contributed by atoms with Crippen molar-refractivity contribution >= 4 is 5.69 Å². The molecule has 0 amide bonds. The number of imidazole rings is 1. The molecule has 0 saturated heterocycles. The van der Waals surface area contributed by atoms with Crippen molar-refractivity contribution in [3.63, 3.8) is 0 Å². The number of anilines is 1. The van der Waals surface area contributed by atoms with Crippen molar-refractivity contribution in [3.05, 3.63) is 36.2 Å². The van der Waals surface area contributed by atoms with Crippen LogP contribution in [0.25, 0.3) is 11.4 Å². The van der Waals surface area contributed by atoms with Gasteiger partial charge in [-0.3, -0.25) is 0 Å². The first kappa shape index (κ1) is 9.64. The normalized spacial score (nSPS) is 10.6. The molecule has 0 saturated carbocycles. The second-order valence-electron chi connectivity index (χ2n) is 3.18. The van der Waals surface area contributed by atoms with E-state index in [4.69, 9.17) is 5.73 Å². The number of hydrogen-bond acceptors (Lipinski definition) is 2. The Morgan fingerprint density at radius 3 is 2.67 bits per heavy atom. The molecule has 0 radical (unpaired) electrons. The minimum absolute atomic E-state index is 0.196. The first-order chi connectivity index (χ1) is 7.11. The van der Waals surface area contributed by atoms with Gasteiger partial charge in [-0.1, -0.05) is 0 Å². The third-order valence-corrected chi connectivity index (χ3v) is 2.19.